The summed E-state index contributed by atoms with van der Waals surface area (Å²) in [6.45, 7) is 2.23. The summed E-state index contributed by atoms with van der Waals surface area (Å²) in [5, 5.41) is 23.2. The molecule has 1 heterocycles. The van der Waals surface area contributed by atoms with Crippen molar-refractivity contribution in [1.29, 1.82) is 0 Å². The molecule has 8 nitrogen and oxygen atoms in total. The van der Waals surface area contributed by atoms with Crippen LogP contribution in [0.2, 0.25) is 0 Å². The van der Waals surface area contributed by atoms with Gasteiger partial charge in [0.15, 0.2) is 12.2 Å². The summed E-state index contributed by atoms with van der Waals surface area (Å²) in [4.78, 5) is 28.6. The van der Waals surface area contributed by atoms with E-state index in [2.05, 4.69) is 10.2 Å². The first-order chi connectivity index (χ1) is 16.5. The molecule has 0 radical (unpaired) electrons. The number of aliphatic hydroxyl groups excluding tert-OH is 2. The van der Waals surface area contributed by atoms with Crippen LogP contribution < -0.4 is 15.0 Å². The van der Waals surface area contributed by atoms with E-state index in [1.807, 2.05) is 54.6 Å². The molecule has 2 amide bonds. The predicted molar refractivity (Wildman–Crippen MR) is 128 cm³/mol. The van der Waals surface area contributed by atoms with E-state index in [1.165, 1.54) is 17.7 Å². The second-order valence-corrected chi connectivity index (χ2v) is 8.92. The Bertz CT molecular complexity index is 939. The summed E-state index contributed by atoms with van der Waals surface area (Å²) in [6, 6.07) is 17.3. The highest BCUT2D eigenvalue weighted by Gasteiger charge is 2.34. The lowest BCUT2D eigenvalue weighted by Gasteiger charge is -2.37. The molecule has 4 rings (SSSR count). The monoisotopic (exact) mass is 467 g/mol. The Morgan fingerprint density at radius 3 is 2.21 bits per heavy atom. The zero-order valence-corrected chi connectivity index (χ0v) is 19.3. The third-order valence-electron chi connectivity index (χ3n) is 6.53. The molecule has 2 aliphatic rings. The number of carbonyl (C=O) groups excluding carboxylic acids is 2. The Morgan fingerprint density at radius 2 is 1.56 bits per heavy atom. The number of benzene rings is 2. The van der Waals surface area contributed by atoms with E-state index >= 15 is 0 Å². The molecule has 2 aromatic carbocycles. The van der Waals surface area contributed by atoms with Gasteiger partial charge in [0, 0.05) is 38.4 Å². The number of carbonyl (C=O) groups is 2. The number of ether oxygens (including phenoxy) is 1. The van der Waals surface area contributed by atoms with Crippen LogP contribution in [0, 0.1) is 0 Å². The average Bonchev–Trinajstić information content (AvgIpc) is 3.40. The Morgan fingerprint density at radius 1 is 0.912 bits per heavy atom. The van der Waals surface area contributed by atoms with Crippen molar-refractivity contribution in [1.82, 2.24) is 10.2 Å². The predicted octanol–water partition coefficient (Wildman–Crippen LogP) is 1.69. The molecule has 0 aromatic heterocycles. The Hall–Kier alpha value is -3.10. The minimum absolute atomic E-state index is 0.177. The summed E-state index contributed by atoms with van der Waals surface area (Å²) < 4.78 is 5.94. The molecule has 1 aliphatic heterocycles. The van der Waals surface area contributed by atoms with E-state index < -0.39 is 24.0 Å². The lowest BCUT2D eigenvalue weighted by molar-refractivity contribution is -0.153. The van der Waals surface area contributed by atoms with Gasteiger partial charge in [0.25, 0.3) is 11.8 Å². The van der Waals surface area contributed by atoms with Crippen molar-refractivity contribution in [2.45, 2.75) is 50.5 Å². The van der Waals surface area contributed by atoms with Crippen LogP contribution in [0.25, 0.3) is 0 Å². The van der Waals surface area contributed by atoms with Crippen molar-refractivity contribution in [3.63, 3.8) is 0 Å². The molecule has 1 saturated heterocycles. The fourth-order valence-electron chi connectivity index (χ4n) is 4.47. The summed E-state index contributed by atoms with van der Waals surface area (Å²) in [7, 11) is 0. The van der Waals surface area contributed by atoms with E-state index in [4.69, 9.17) is 4.74 Å². The highest BCUT2D eigenvalue weighted by Crippen LogP contribution is 2.24. The SMILES string of the molecule is O=C(NCc1ccc(OC2CCCC2)cc1)[C@H](O)[C@@H](O)C(=O)N1CCN(c2ccccc2)CC1. The van der Waals surface area contributed by atoms with Crippen LogP contribution in [0.5, 0.6) is 5.75 Å². The number of piperazine rings is 1. The van der Waals surface area contributed by atoms with Gasteiger partial charge < -0.3 is 30.1 Å². The van der Waals surface area contributed by atoms with Crippen LogP contribution in [-0.2, 0) is 16.1 Å². The first kappa shape index (κ1) is 24.0. The van der Waals surface area contributed by atoms with Crippen molar-refractivity contribution >= 4 is 17.5 Å². The van der Waals surface area contributed by atoms with E-state index in [9.17, 15) is 19.8 Å². The minimum Gasteiger partial charge on any atom is -0.490 e. The number of amides is 2. The first-order valence-electron chi connectivity index (χ1n) is 12.0. The molecule has 0 spiro atoms. The maximum absolute atomic E-state index is 12.6. The summed E-state index contributed by atoms with van der Waals surface area (Å²) >= 11 is 0. The molecule has 1 aliphatic carbocycles. The second kappa shape index (κ2) is 11.4. The van der Waals surface area contributed by atoms with E-state index in [0.717, 1.165) is 29.8 Å². The number of hydrogen-bond donors (Lipinski definition) is 3. The topological polar surface area (TPSA) is 102 Å². The van der Waals surface area contributed by atoms with Crippen molar-refractivity contribution in [3.05, 3.63) is 60.2 Å². The number of rotatable bonds is 8. The van der Waals surface area contributed by atoms with Gasteiger partial charge in [-0.3, -0.25) is 9.59 Å². The fourth-order valence-corrected chi connectivity index (χ4v) is 4.47. The standard InChI is InChI=1S/C26H33N3O5/c30-23(24(31)26(33)29-16-14-28(15-17-29)20-6-2-1-3-7-20)25(32)27-18-19-10-12-22(13-11-19)34-21-8-4-5-9-21/h1-3,6-7,10-13,21,23-24,30-31H,4-5,8-9,14-18H2,(H,27,32)/t23-,24-/m1/s1. The first-order valence-corrected chi connectivity index (χ1v) is 12.0. The van der Waals surface area contributed by atoms with Crippen molar-refractivity contribution in [2.24, 2.45) is 0 Å². The lowest BCUT2D eigenvalue weighted by atomic mass is 10.1. The quantitative estimate of drug-likeness (QED) is 0.546. The van der Waals surface area contributed by atoms with Gasteiger partial charge >= 0.3 is 0 Å². The number of nitrogens with one attached hydrogen (secondary N) is 1. The molecule has 0 bridgehead atoms. The van der Waals surface area contributed by atoms with Crippen LogP contribution in [0.3, 0.4) is 0 Å². The Balaban J connectivity index is 1.21. The van der Waals surface area contributed by atoms with E-state index in [1.54, 1.807) is 0 Å². The molecule has 182 valence electrons. The molecule has 2 aromatic rings. The zero-order valence-electron chi connectivity index (χ0n) is 19.3. The summed E-state index contributed by atoms with van der Waals surface area (Å²) in [6.07, 6.45) is 1.22. The summed E-state index contributed by atoms with van der Waals surface area (Å²) in [5.74, 6) is -0.616. The molecule has 8 heteroatoms. The third-order valence-corrected chi connectivity index (χ3v) is 6.53. The fraction of sp³-hybridized carbons (Fsp3) is 0.462. The average molecular weight is 468 g/mol. The third kappa shape index (κ3) is 6.07. The molecule has 34 heavy (non-hydrogen) atoms. The number of aliphatic hydroxyl groups is 2. The maximum Gasteiger partial charge on any atom is 0.254 e. The van der Waals surface area contributed by atoms with E-state index in [-0.39, 0.29) is 12.6 Å². The normalized spacial score (nSPS) is 18.4. The largest absolute Gasteiger partial charge is 0.490 e. The van der Waals surface area contributed by atoms with Crippen LogP contribution >= 0.6 is 0 Å². The van der Waals surface area contributed by atoms with Crippen LogP contribution in [0.4, 0.5) is 5.69 Å². The number of para-hydroxylation sites is 1. The highest BCUT2D eigenvalue weighted by atomic mass is 16.5. The smallest absolute Gasteiger partial charge is 0.254 e. The number of anilines is 1. The molecular formula is C26H33N3O5. The summed E-state index contributed by atoms with van der Waals surface area (Å²) in [5.41, 5.74) is 1.91. The van der Waals surface area contributed by atoms with E-state index in [0.29, 0.717) is 26.2 Å². The molecule has 0 unspecified atom stereocenters. The Labute approximate surface area is 200 Å². The Kier molecular flexibility index (Phi) is 8.03. The minimum atomic E-state index is -1.83. The molecule has 1 saturated carbocycles. The second-order valence-electron chi connectivity index (χ2n) is 8.92. The number of nitrogens with zero attached hydrogens (tertiary/aromatic N) is 2. The van der Waals surface area contributed by atoms with Gasteiger partial charge in [-0.1, -0.05) is 30.3 Å². The van der Waals surface area contributed by atoms with Crippen LogP contribution in [0.1, 0.15) is 31.2 Å². The van der Waals surface area contributed by atoms with Gasteiger partial charge in [0.05, 0.1) is 6.10 Å². The highest BCUT2D eigenvalue weighted by molar-refractivity contribution is 5.90. The zero-order chi connectivity index (χ0) is 23.9. The van der Waals surface area contributed by atoms with Gasteiger partial charge in [-0.15, -0.1) is 0 Å². The van der Waals surface area contributed by atoms with Crippen LogP contribution in [0.15, 0.2) is 54.6 Å². The molecule has 2 fully saturated rings. The van der Waals surface area contributed by atoms with Gasteiger partial charge in [0.1, 0.15) is 5.75 Å². The molecular weight excluding hydrogens is 434 g/mol. The van der Waals surface area contributed by atoms with Crippen molar-refractivity contribution in [3.8, 4) is 5.75 Å². The molecule has 2 atom stereocenters. The lowest BCUT2D eigenvalue weighted by Crippen LogP contribution is -2.55. The van der Waals surface area contributed by atoms with Gasteiger partial charge in [-0.2, -0.15) is 0 Å². The van der Waals surface area contributed by atoms with Gasteiger partial charge in [-0.05, 0) is 55.5 Å². The van der Waals surface area contributed by atoms with Gasteiger partial charge in [0.2, 0.25) is 0 Å². The van der Waals surface area contributed by atoms with Crippen molar-refractivity contribution < 1.29 is 24.5 Å². The number of hydrogen-bond acceptors (Lipinski definition) is 6. The van der Waals surface area contributed by atoms with Gasteiger partial charge in [-0.25, -0.2) is 0 Å². The van der Waals surface area contributed by atoms with Crippen molar-refractivity contribution in [2.75, 3.05) is 31.1 Å². The van der Waals surface area contributed by atoms with Crippen LogP contribution in [-0.4, -0.2) is 71.4 Å². The maximum atomic E-state index is 12.6. The molecule has 3 N–H and O–H groups in total.